The zero-order valence-electron chi connectivity index (χ0n) is 12.4. The first kappa shape index (κ1) is 14.2. The maximum Gasteiger partial charge on any atom is 0.375 e. The maximum absolute atomic E-state index is 12.0. The topological polar surface area (TPSA) is 38.8 Å². The second-order valence-electron chi connectivity index (χ2n) is 4.90. The third-order valence-corrected chi connectivity index (χ3v) is 3.34. The normalized spacial score (nSPS) is 13.0. The Morgan fingerprint density at radius 2 is 1.82 bits per heavy atom. The smallest absolute Gasteiger partial charge is 0.375 e. The lowest BCUT2D eigenvalue weighted by atomic mass is 10.2. The Balaban J connectivity index is 1.92. The predicted octanol–water partition coefficient (Wildman–Crippen LogP) is 3.49. The van der Waals surface area contributed by atoms with Crippen LogP contribution in [0.25, 0.3) is 0 Å². The van der Waals surface area contributed by atoms with Gasteiger partial charge in [-0.15, -0.1) is 0 Å². The number of nitrogens with zero attached hydrogens (tertiary/aromatic N) is 1. The van der Waals surface area contributed by atoms with E-state index in [0.717, 1.165) is 11.3 Å². The minimum Gasteiger partial charge on any atom is -0.460 e. The van der Waals surface area contributed by atoms with Crippen molar-refractivity contribution in [3.05, 3.63) is 72.1 Å². The highest BCUT2D eigenvalue weighted by atomic mass is 16.6. The van der Waals surface area contributed by atoms with E-state index < -0.39 is 5.97 Å². The van der Waals surface area contributed by atoms with E-state index in [2.05, 4.69) is 12.1 Å². The largest absolute Gasteiger partial charge is 0.460 e. The molecule has 2 aromatic carbocycles. The second-order valence-corrected chi connectivity index (χ2v) is 4.90. The molecule has 0 unspecified atom stereocenters. The number of rotatable bonds is 4. The van der Waals surface area contributed by atoms with Crippen LogP contribution in [0.4, 0.5) is 5.69 Å². The molecule has 4 heteroatoms. The first-order chi connectivity index (χ1) is 10.8. The highest BCUT2D eigenvalue weighted by Crippen LogP contribution is 2.35. The van der Waals surface area contributed by atoms with Crippen LogP contribution in [0.1, 0.15) is 12.5 Å². The van der Waals surface area contributed by atoms with Crippen LogP contribution in [-0.4, -0.2) is 12.6 Å². The van der Waals surface area contributed by atoms with Crippen molar-refractivity contribution >= 4 is 11.7 Å². The first-order valence-electron chi connectivity index (χ1n) is 7.24. The predicted molar refractivity (Wildman–Crippen MR) is 84.4 cm³/mol. The third-order valence-electron chi connectivity index (χ3n) is 3.34. The number of fused-ring (bicyclic) bond motifs is 1. The molecule has 4 nitrogen and oxygen atoms in total. The molecular weight excluding hydrogens is 278 g/mol. The molecule has 1 aliphatic rings. The average molecular weight is 295 g/mol. The Bertz CT molecular complexity index is 694. The van der Waals surface area contributed by atoms with E-state index in [0.29, 0.717) is 18.9 Å². The molecule has 112 valence electrons. The number of carbonyl (C=O) groups excluding carboxylic acids is 1. The summed E-state index contributed by atoms with van der Waals surface area (Å²) in [5, 5.41) is 0. The lowest BCUT2D eigenvalue weighted by Gasteiger charge is -2.28. The average Bonchev–Trinajstić information content (AvgIpc) is 2.56. The van der Waals surface area contributed by atoms with Gasteiger partial charge in [0, 0.05) is 6.54 Å². The molecule has 0 aromatic heterocycles. The Morgan fingerprint density at radius 3 is 2.59 bits per heavy atom. The summed E-state index contributed by atoms with van der Waals surface area (Å²) in [6, 6.07) is 17.7. The summed E-state index contributed by atoms with van der Waals surface area (Å²) in [4.78, 5) is 14.0. The highest BCUT2D eigenvalue weighted by molar-refractivity contribution is 5.88. The Morgan fingerprint density at radius 1 is 1.09 bits per heavy atom. The van der Waals surface area contributed by atoms with E-state index in [-0.39, 0.29) is 5.76 Å². The van der Waals surface area contributed by atoms with Gasteiger partial charge in [0.15, 0.2) is 5.75 Å². The minimum atomic E-state index is -0.449. The molecule has 0 saturated carbocycles. The molecule has 2 aromatic rings. The minimum absolute atomic E-state index is 0.205. The molecule has 0 N–H and O–H groups in total. The molecule has 0 spiro atoms. The number of para-hydroxylation sites is 2. The van der Waals surface area contributed by atoms with Crippen molar-refractivity contribution in [3.8, 4) is 5.75 Å². The van der Waals surface area contributed by atoms with Crippen molar-refractivity contribution in [1.29, 1.82) is 0 Å². The number of carbonyl (C=O) groups is 1. The molecule has 0 bridgehead atoms. The number of benzene rings is 2. The van der Waals surface area contributed by atoms with Crippen molar-refractivity contribution in [2.24, 2.45) is 0 Å². The monoisotopic (exact) mass is 295 g/mol. The molecule has 0 fully saturated rings. The molecule has 22 heavy (non-hydrogen) atoms. The lowest BCUT2D eigenvalue weighted by molar-refractivity contribution is -0.141. The number of hydrogen-bond acceptors (Lipinski definition) is 4. The summed E-state index contributed by atoms with van der Waals surface area (Å²) < 4.78 is 10.7. The van der Waals surface area contributed by atoms with Gasteiger partial charge >= 0.3 is 5.97 Å². The highest BCUT2D eigenvalue weighted by Gasteiger charge is 2.24. The van der Waals surface area contributed by atoms with Gasteiger partial charge in [-0.1, -0.05) is 42.5 Å². The standard InChI is InChI=1S/C18H17NO3/c1-2-21-18(20)17-13-19(12-14-8-4-3-5-9-14)15-10-6-7-11-16(15)22-17/h3-11,13H,2,12H2,1H3. The lowest BCUT2D eigenvalue weighted by Crippen LogP contribution is -2.25. The van der Waals surface area contributed by atoms with E-state index in [4.69, 9.17) is 9.47 Å². The van der Waals surface area contributed by atoms with E-state index in [9.17, 15) is 4.79 Å². The summed E-state index contributed by atoms with van der Waals surface area (Å²) in [7, 11) is 0. The molecular formula is C18H17NO3. The maximum atomic E-state index is 12.0. The van der Waals surface area contributed by atoms with Gasteiger partial charge < -0.3 is 14.4 Å². The summed E-state index contributed by atoms with van der Waals surface area (Å²) in [6.07, 6.45) is 1.70. The van der Waals surface area contributed by atoms with Crippen LogP contribution in [0.5, 0.6) is 5.75 Å². The van der Waals surface area contributed by atoms with E-state index in [1.54, 1.807) is 13.1 Å². The molecule has 3 rings (SSSR count). The quantitative estimate of drug-likeness (QED) is 0.809. The van der Waals surface area contributed by atoms with E-state index >= 15 is 0 Å². The third kappa shape index (κ3) is 2.96. The zero-order chi connectivity index (χ0) is 15.4. The SMILES string of the molecule is CCOC(=O)C1=CN(Cc2ccccc2)c2ccccc2O1. The number of ether oxygens (including phenoxy) is 2. The van der Waals surface area contributed by atoms with Gasteiger partial charge in [-0.2, -0.15) is 0 Å². The zero-order valence-corrected chi connectivity index (χ0v) is 12.4. The molecule has 1 heterocycles. The number of hydrogen-bond donors (Lipinski definition) is 0. The van der Waals surface area contributed by atoms with E-state index in [1.807, 2.05) is 47.4 Å². The van der Waals surface area contributed by atoms with Gasteiger partial charge in [0.25, 0.3) is 0 Å². The van der Waals surface area contributed by atoms with Crippen LogP contribution in [0.15, 0.2) is 66.6 Å². The van der Waals surface area contributed by atoms with E-state index in [1.165, 1.54) is 0 Å². The van der Waals surface area contributed by atoms with Crippen molar-refractivity contribution < 1.29 is 14.3 Å². The van der Waals surface area contributed by atoms with Gasteiger partial charge in [-0.05, 0) is 24.6 Å². The number of anilines is 1. The van der Waals surface area contributed by atoms with Crippen molar-refractivity contribution in [2.45, 2.75) is 13.5 Å². The summed E-state index contributed by atoms with van der Waals surface area (Å²) >= 11 is 0. The van der Waals surface area contributed by atoms with Gasteiger partial charge in [-0.3, -0.25) is 0 Å². The summed E-state index contributed by atoms with van der Waals surface area (Å²) in [5.74, 6) is 0.413. The van der Waals surface area contributed by atoms with Crippen LogP contribution in [0.2, 0.25) is 0 Å². The molecule has 1 aliphatic heterocycles. The Labute approximate surface area is 129 Å². The van der Waals surface area contributed by atoms with Gasteiger partial charge in [-0.25, -0.2) is 4.79 Å². The molecule has 0 atom stereocenters. The van der Waals surface area contributed by atoms with Crippen LogP contribution in [0.3, 0.4) is 0 Å². The second kappa shape index (κ2) is 6.35. The number of esters is 1. The molecule has 0 saturated heterocycles. The fraction of sp³-hybridized carbons (Fsp3) is 0.167. The van der Waals surface area contributed by atoms with Crippen molar-refractivity contribution in [2.75, 3.05) is 11.5 Å². The van der Waals surface area contributed by atoms with Gasteiger partial charge in [0.2, 0.25) is 5.76 Å². The Hall–Kier alpha value is -2.75. The molecule has 0 amide bonds. The van der Waals surface area contributed by atoms with Gasteiger partial charge in [0.1, 0.15) is 0 Å². The fourth-order valence-electron chi connectivity index (χ4n) is 2.34. The van der Waals surface area contributed by atoms with Crippen LogP contribution < -0.4 is 9.64 Å². The molecule has 0 radical (unpaired) electrons. The van der Waals surface area contributed by atoms with Crippen LogP contribution in [0, 0.1) is 0 Å². The first-order valence-corrected chi connectivity index (χ1v) is 7.24. The van der Waals surface area contributed by atoms with Crippen molar-refractivity contribution in [1.82, 2.24) is 0 Å². The summed E-state index contributed by atoms with van der Waals surface area (Å²) in [6.45, 7) is 2.75. The molecule has 0 aliphatic carbocycles. The Kier molecular flexibility index (Phi) is 4.10. The van der Waals surface area contributed by atoms with Gasteiger partial charge in [0.05, 0.1) is 18.5 Å². The summed E-state index contributed by atoms with van der Waals surface area (Å²) in [5.41, 5.74) is 2.08. The van der Waals surface area contributed by atoms with Crippen LogP contribution in [-0.2, 0) is 16.1 Å². The van der Waals surface area contributed by atoms with Crippen molar-refractivity contribution in [3.63, 3.8) is 0 Å². The van der Waals surface area contributed by atoms with Crippen LogP contribution >= 0.6 is 0 Å². The fourth-order valence-corrected chi connectivity index (χ4v) is 2.34.